The molecule has 1 N–H and O–H groups in total. The van der Waals surface area contributed by atoms with Gasteiger partial charge in [0.05, 0.1) is 34.9 Å². The topological polar surface area (TPSA) is 134 Å². The van der Waals surface area contributed by atoms with Gasteiger partial charge in [-0.1, -0.05) is 19.1 Å². The number of hydrogen-bond acceptors (Lipinski definition) is 9. The Balaban J connectivity index is 1.72. The minimum atomic E-state index is -0.552. The molecule has 3 aromatic rings. The fraction of sp³-hybridized carbons (Fsp3) is 0.423. The van der Waals surface area contributed by atoms with Crippen molar-refractivity contribution in [1.29, 1.82) is 0 Å². The highest BCUT2D eigenvalue weighted by Crippen LogP contribution is 2.29. The van der Waals surface area contributed by atoms with E-state index in [-0.39, 0.29) is 22.4 Å². The minimum Gasteiger partial charge on any atom is -0.476 e. The number of rotatable bonds is 12. The zero-order chi connectivity index (χ0) is 28.0. The summed E-state index contributed by atoms with van der Waals surface area (Å²) in [7, 11) is 4.56. The van der Waals surface area contributed by atoms with Crippen LogP contribution in [0.4, 0.5) is 11.4 Å². The van der Waals surface area contributed by atoms with Gasteiger partial charge in [0.2, 0.25) is 5.88 Å². The minimum absolute atomic E-state index is 0.0260. The molecule has 0 atom stereocenters. The fourth-order valence-electron chi connectivity index (χ4n) is 4.24. The van der Waals surface area contributed by atoms with Crippen molar-refractivity contribution >= 4 is 17.3 Å². The van der Waals surface area contributed by atoms with Gasteiger partial charge in [-0.25, -0.2) is 9.48 Å². The maximum absolute atomic E-state index is 12.9. The zero-order valence-electron chi connectivity index (χ0n) is 22.6. The largest absolute Gasteiger partial charge is 0.476 e. The average Bonchev–Trinajstić information content (AvgIpc) is 3.24. The molecule has 12 nitrogen and oxygen atoms in total. The Morgan fingerprint density at radius 3 is 2.61 bits per heavy atom. The van der Waals surface area contributed by atoms with Crippen LogP contribution in [0.2, 0.25) is 0 Å². The maximum Gasteiger partial charge on any atom is 0.339 e. The number of nitro benzene ring substituents is 1. The van der Waals surface area contributed by atoms with Crippen LogP contribution in [0.5, 0.6) is 5.88 Å². The molecule has 0 saturated carbocycles. The molecule has 0 aliphatic carbocycles. The number of ether oxygens (including phenoxy) is 2. The molecule has 0 aliphatic rings. The van der Waals surface area contributed by atoms with Gasteiger partial charge >= 0.3 is 5.97 Å². The Kier molecular flexibility index (Phi) is 8.89. The second-order valence-electron chi connectivity index (χ2n) is 9.54. The van der Waals surface area contributed by atoms with Gasteiger partial charge in [0.1, 0.15) is 12.3 Å². The van der Waals surface area contributed by atoms with Crippen LogP contribution in [0.1, 0.15) is 31.1 Å². The van der Waals surface area contributed by atoms with E-state index < -0.39 is 16.4 Å². The maximum atomic E-state index is 12.9. The Hall–Kier alpha value is -4.19. The monoisotopic (exact) mass is 526 g/mol. The molecule has 2 heterocycles. The first kappa shape index (κ1) is 28.4. The van der Waals surface area contributed by atoms with Crippen LogP contribution in [0.25, 0.3) is 11.1 Å². The molecule has 0 bridgehead atoms. The number of methoxy groups -OCH3 is 1. The molecular formula is C26H34N6O6. The van der Waals surface area contributed by atoms with E-state index in [9.17, 15) is 19.7 Å². The quantitative estimate of drug-likeness (QED) is 0.215. The summed E-state index contributed by atoms with van der Waals surface area (Å²) in [6, 6.07) is 8.05. The number of aromatic nitrogens is 3. The Bertz CT molecular complexity index is 1360. The first-order chi connectivity index (χ1) is 18.0. The van der Waals surface area contributed by atoms with Crippen LogP contribution in [-0.4, -0.2) is 69.0 Å². The lowest BCUT2D eigenvalue weighted by Crippen LogP contribution is -2.45. The summed E-state index contributed by atoms with van der Waals surface area (Å²) in [6.07, 6.45) is 2.96. The standard InChI is InChI=1S/C26H34N6O6/c1-7-31(17-26(2,3)28-21-10-8-9-11-22(21)32(35)36)12-13-38-24-20(15-27-30(24)5)19-14-18(25(34)37-6)16-29(4)23(19)33/h8-11,14-16,28H,7,12-13,17H2,1-6H3. The van der Waals surface area contributed by atoms with Crippen molar-refractivity contribution in [1.82, 2.24) is 19.2 Å². The smallest absolute Gasteiger partial charge is 0.339 e. The number of aryl methyl sites for hydroxylation is 2. The van der Waals surface area contributed by atoms with E-state index in [1.807, 2.05) is 20.8 Å². The number of benzene rings is 1. The SMILES string of the molecule is CCN(CCOc1c(-c2cc(C(=O)OC)cn(C)c2=O)cnn1C)CC(C)(C)Nc1ccccc1[N+](=O)[O-]. The second kappa shape index (κ2) is 11.9. The predicted molar refractivity (Wildman–Crippen MR) is 144 cm³/mol. The van der Waals surface area contributed by atoms with E-state index >= 15 is 0 Å². The molecule has 204 valence electrons. The van der Waals surface area contributed by atoms with Crippen LogP contribution in [0.15, 0.2) is 47.5 Å². The molecule has 0 fully saturated rings. The van der Waals surface area contributed by atoms with E-state index in [0.29, 0.717) is 36.8 Å². The van der Waals surface area contributed by atoms with E-state index in [1.165, 1.54) is 40.9 Å². The highest BCUT2D eigenvalue weighted by molar-refractivity contribution is 5.90. The number of pyridine rings is 1. The molecule has 0 unspecified atom stereocenters. The van der Waals surface area contributed by atoms with Gasteiger partial charge in [-0.2, -0.15) is 5.10 Å². The van der Waals surface area contributed by atoms with Crippen molar-refractivity contribution in [3.8, 4) is 17.0 Å². The molecule has 12 heteroatoms. The summed E-state index contributed by atoms with van der Waals surface area (Å²) in [5, 5.41) is 18.9. The number of carbonyl (C=O) groups excluding carboxylic acids is 1. The lowest BCUT2D eigenvalue weighted by molar-refractivity contribution is -0.384. The third kappa shape index (κ3) is 6.57. The van der Waals surface area contributed by atoms with Crippen molar-refractivity contribution in [2.75, 3.05) is 38.7 Å². The van der Waals surface area contributed by atoms with Gasteiger partial charge in [-0.3, -0.25) is 19.8 Å². The summed E-state index contributed by atoms with van der Waals surface area (Å²) in [5.74, 6) is -0.152. The van der Waals surface area contributed by atoms with Crippen LogP contribution in [0.3, 0.4) is 0 Å². The molecule has 0 radical (unpaired) electrons. The first-order valence-electron chi connectivity index (χ1n) is 12.2. The number of likely N-dealkylation sites (N-methyl/N-ethyl adjacent to an activating group) is 1. The van der Waals surface area contributed by atoms with Crippen LogP contribution < -0.4 is 15.6 Å². The van der Waals surface area contributed by atoms with Gasteiger partial charge in [0, 0.05) is 45.0 Å². The molecule has 1 aromatic carbocycles. The normalized spacial score (nSPS) is 11.4. The van der Waals surface area contributed by atoms with E-state index in [1.54, 1.807) is 32.3 Å². The lowest BCUT2D eigenvalue weighted by Gasteiger charge is -2.33. The average molecular weight is 527 g/mol. The van der Waals surface area contributed by atoms with Gasteiger partial charge in [-0.05, 0) is 32.5 Å². The summed E-state index contributed by atoms with van der Waals surface area (Å²) >= 11 is 0. The van der Waals surface area contributed by atoms with Crippen LogP contribution in [0, 0.1) is 10.1 Å². The van der Waals surface area contributed by atoms with Gasteiger partial charge in [0.15, 0.2) is 0 Å². The summed E-state index contributed by atoms with van der Waals surface area (Å²) in [5.41, 5.74) is 0.711. The summed E-state index contributed by atoms with van der Waals surface area (Å²) in [6.45, 7) is 8.18. The number of carbonyl (C=O) groups is 1. The second-order valence-corrected chi connectivity index (χ2v) is 9.54. The van der Waals surface area contributed by atoms with E-state index in [0.717, 1.165) is 6.54 Å². The first-order valence-corrected chi connectivity index (χ1v) is 12.2. The Labute approximate surface area is 220 Å². The lowest BCUT2D eigenvalue weighted by atomic mass is 10.0. The fourth-order valence-corrected chi connectivity index (χ4v) is 4.24. The van der Waals surface area contributed by atoms with Crippen LogP contribution >= 0.6 is 0 Å². The molecule has 0 aliphatic heterocycles. The Morgan fingerprint density at radius 2 is 1.95 bits per heavy atom. The third-order valence-corrected chi connectivity index (χ3v) is 6.07. The molecule has 3 rings (SSSR count). The van der Waals surface area contributed by atoms with Gasteiger partial charge in [0.25, 0.3) is 11.2 Å². The molecular weight excluding hydrogens is 492 g/mol. The summed E-state index contributed by atoms with van der Waals surface area (Å²) < 4.78 is 13.8. The number of para-hydroxylation sites is 2. The molecule has 2 aromatic heterocycles. The van der Waals surface area contributed by atoms with Crippen LogP contribution in [-0.2, 0) is 18.8 Å². The van der Waals surface area contributed by atoms with Gasteiger partial charge in [-0.15, -0.1) is 0 Å². The molecule has 38 heavy (non-hydrogen) atoms. The number of nitrogens with one attached hydrogen (secondary N) is 1. The highest BCUT2D eigenvalue weighted by atomic mass is 16.6. The van der Waals surface area contributed by atoms with Crippen molar-refractivity contribution in [2.45, 2.75) is 26.3 Å². The van der Waals surface area contributed by atoms with Crippen molar-refractivity contribution < 1.29 is 19.2 Å². The highest BCUT2D eigenvalue weighted by Gasteiger charge is 2.25. The van der Waals surface area contributed by atoms with E-state index in [4.69, 9.17) is 9.47 Å². The summed E-state index contributed by atoms with van der Waals surface area (Å²) in [4.78, 5) is 38.1. The number of nitrogens with zero attached hydrogens (tertiary/aromatic N) is 5. The number of esters is 1. The molecule has 0 saturated heterocycles. The number of anilines is 1. The molecule has 0 amide bonds. The number of hydrogen-bond donors (Lipinski definition) is 1. The molecule has 0 spiro atoms. The van der Waals surface area contributed by atoms with Crippen molar-refractivity contribution in [3.05, 3.63) is 68.8 Å². The van der Waals surface area contributed by atoms with Crippen molar-refractivity contribution in [2.24, 2.45) is 14.1 Å². The zero-order valence-corrected chi connectivity index (χ0v) is 22.6. The third-order valence-electron chi connectivity index (χ3n) is 6.07. The predicted octanol–water partition coefficient (Wildman–Crippen LogP) is 3.07. The van der Waals surface area contributed by atoms with E-state index in [2.05, 4.69) is 15.3 Å². The number of nitro groups is 1. The van der Waals surface area contributed by atoms with Crippen molar-refractivity contribution in [3.63, 3.8) is 0 Å². The van der Waals surface area contributed by atoms with Gasteiger partial charge < -0.3 is 19.4 Å². The Morgan fingerprint density at radius 1 is 1.24 bits per heavy atom.